The van der Waals surface area contributed by atoms with Crippen LogP contribution in [0.5, 0.6) is 0 Å². The van der Waals surface area contributed by atoms with Crippen LogP contribution in [0.3, 0.4) is 0 Å². The van der Waals surface area contributed by atoms with Gasteiger partial charge < -0.3 is 9.80 Å². The number of nitrogens with zero attached hydrogens (tertiary/aromatic N) is 2. The van der Waals surface area contributed by atoms with Gasteiger partial charge in [0.15, 0.2) is 0 Å². The molecule has 2 heterocycles. The van der Waals surface area contributed by atoms with Gasteiger partial charge in [-0.25, -0.2) is 0 Å². The quantitative estimate of drug-likeness (QED) is 0.120. The molecule has 394 valence electrons. The van der Waals surface area contributed by atoms with Gasteiger partial charge in [0.2, 0.25) is 0 Å². The zero-order chi connectivity index (χ0) is 55.8. The molecule has 0 radical (unpaired) electrons. The summed E-state index contributed by atoms with van der Waals surface area (Å²) in [5, 5.41) is 6.22. The lowest BCUT2D eigenvalue weighted by Gasteiger charge is -2.30. The lowest BCUT2D eigenvalue weighted by Crippen LogP contribution is -2.18. The van der Waals surface area contributed by atoms with Crippen molar-refractivity contribution in [3.63, 3.8) is 0 Å². The topological polar surface area (TPSA) is 6.48 Å². The van der Waals surface area contributed by atoms with Crippen molar-refractivity contribution in [1.82, 2.24) is 0 Å². The molecule has 0 saturated carbocycles. The molecule has 0 saturated heterocycles. The number of hydrogen-bond donors (Lipinski definition) is 0. The Labute approximate surface area is 493 Å². The molecule has 0 aliphatic heterocycles. The Kier molecular flexibility index (Phi) is 12.3. The molecular formula is C79H56N2S2. The monoisotopic (exact) mass is 1100 g/mol. The minimum atomic E-state index is -0.383. The van der Waals surface area contributed by atoms with Crippen molar-refractivity contribution in [2.75, 3.05) is 9.80 Å². The number of anilines is 6. The summed E-state index contributed by atoms with van der Waals surface area (Å²) in [7, 11) is 0. The predicted molar refractivity (Wildman–Crippen MR) is 361 cm³/mol. The van der Waals surface area contributed by atoms with Crippen LogP contribution >= 0.6 is 22.7 Å². The van der Waals surface area contributed by atoms with E-state index in [0.29, 0.717) is 0 Å². The van der Waals surface area contributed by atoms with Crippen molar-refractivity contribution in [1.29, 1.82) is 0 Å². The molecule has 14 aromatic rings. The second-order valence-electron chi connectivity index (χ2n) is 22.1. The number of benzene rings is 12. The van der Waals surface area contributed by atoms with Gasteiger partial charge in [-0.3, -0.25) is 0 Å². The Hall–Kier alpha value is -9.84. The van der Waals surface area contributed by atoms with E-state index in [-0.39, 0.29) is 5.41 Å². The summed E-state index contributed by atoms with van der Waals surface area (Å²) in [6.07, 6.45) is 3.92. The second kappa shape index (κ2) is 20.3. The van der Waals surface area contributed by atoms with E-state index < -0.39 is 0 Å². The van der Waals surface area contributed by atoms with E-state index in [1.165, 1.54) is 102 Å². The molecule has 12 aromatic carbocycles. The van der Waals surface area contributed by atoms with Crippen LogP contribution in [-0.4, -0.2) is 0 Å². The van der Waals surface area contributed by atoms with Crippen LogP contribution in [0.4, 0.5) is 34.1 Å². The zero-order valence-electron chi connectivity index (χ0n) is 46.2. The predicted octanol–water partition coefficient (Wildman–Crippen LogP) is 23.6. The molecule has 2 nitrogen and oxygen atoms in total. The van der Waals surface area contributed by atoms with Crippen LogP contribution in [0.1, 0.15) is 35.4 Å². The highest BCUT2D eigenvalue weighted by Gasteiger charge is 2.39. The Morgan fingerprint density at radius 1 is 0.337 bits per heavy atom. The smallest absolute Gasteiger partial charge is 0.0543 e. The normalized spacial score (nSPS) is 12.4. The van der Waals surface area contributed by atoms with Gasteiger partial charge in [-0.15, -0.1) is 22.7 Å². The van der Waals surface area contributed by atoms with Gasteiger partial charge >= 0.3 is 0 Å². The maximum absolute atomic E-state index is 4.19. The van der Waals surface area contributed by atoms with Crippen molar-refractivity contribution < 1.29 is 0 Å². The van der Waals surface area contributed by atoms with Crippen LogP contribution in [0.15, 0.2) is 280 Å². The van der Waals surface area contributed by atoms with Gasteiger partial charge in [0.05, 0.1) is 5.69 Å². The van der Waals surface area contributed by atoms with Crippen molar-refractivity contribution in [3.05, 3.63) is 302 Å². The highest BCUT2D eigenvalue weighted by Crippen LogP contribution is 2.56. The average Bonchev–Trinajstić information content (AvgIpc) is 2.27. The van der Waals surface area contributed by atoms with Gasteiger partial charge in [0.25, 0.3) is 0 Å². The molecule has 0 fully saturated rings. The molecule has 0 bridgehead atoms. The second-order valence-corrected chi connectivity index (χ2v) is 24.2. The number of rotatable bonds is 12. The van der Waals surface area contributed by atoms with Crippen LogP contribution < -0.4 is 9.80 Å². The molecule has 15 rings (SSSR count). The first-order chi connectivity index (χ1) is 40.8. The summed E-state index contributed by atoms with van der Waals surface area (Å²) in [6, 6.07) is 98.6. The van der Waals surface area contributed by atoms with E-state index in [4.69, 9.17) is 0 Å². The third-order valence-electron chi connectivity index (χ3n) is 17.0. The SMILES string of the molecule is C=Cc1sc2c(-c3cccc(N(c4ccc(-c5ccccc5)cc4)c4cc5c(c6ccccc46)-c4ccc(N(c6ccc(-c7ccccc7)cc6)c6cccc(-c7cccc8c7sc7ccccc78)c6)cc4C5(C)C)c3)cccc2c1C=C. The first-order valence-electron chi connectivity index (χ1n) is 28.4. The number of fused-ring (bicyclic) bond motifs is 9. The fraction of sp³-hybridized carbons (Fsp3) is 0.0380. The van der Waals surface area contributed by atoms with E-state index >= 15 is 0 Å². The molecule has 0 unspecified atom stereocenters. The molecule has 0 spiro atoms. The van der Waals surface area contributed by atoms with Crippen LogP contribution in [0.25, 0.3) is 109 Å². The minimum absolute atomic E-state index is 0.383. The molecule has 83 heavy (non-hydrogen) atoms. The molecule has 1 aliphatic carbocycles. The van der Waals surface area contributed by atoms with Crippen molar-refractivity contribution in [2.24, 2.45) is 0 Å². The molecule has 0 N–H and O–H groups in total. The first-order valence-corrected chi connectivity index (χ1v) is 30.0. The van der Waals surface area contributed by atoms with Gasteiger partial charge in [-0.1, -0.05) is 233 Å². The van der Waals surface area contributed by atoms with Crippen LogP contribution in [0.2, 0.25) is 0 Å². The maximum Gasteiger partial charge on any atom is 0.0543 e. The zero-order valence-corrected chi connectivity index (χ0v) is 47.8. The summed E-state index contributed by atoms with van der Waals surface area (Å²) >= 11 is 3.66. The van der Waals surface area contributed by atoms with E-state index in [9.17, 15) is 0 Å². The summed E-state index contributed by atoms with van der Waals surface area (Å²) in [5.41, 5.74) is 22.0. The van der Waals surface area contributed by atoms with Crippen molar-refractivity contribution in [3.8, 4) is 55.6 Å². The fourth-order valence-corrected chi connectivity index (χ4v) is 15.4. The number of hydrogen-bond acceptors (Lipinski definition) is 4. The fourth-order valence-electron chi connectivity index (χ4n) is 13.0. The van der Waals surface area contributed by atoms with E-state index in [2.05, 4.69) is 304 Å². The van der Waals surface area contributed by atoms with Crippen LogP contribution in [0, 0.1) is 0 Å². The van der Waals surface area contributed by atoms with Crippen molar-refractivity contribution in [2.45, 2.75) is 19.3 Å². The number of thiophene rings is 2. The Morgan fingerprint density at radius 2 is 0.819 bits per heavy atom. The summed E-state index contributed by atoms with van der Waals surface area (Å²) in [4.78, 5) is 6.07. The Bertz CT molecular complexity index is 4850. The van der Waals surface area contributed by atoms with E-state index in [1.54, 1.807) is 11.3 Å². The summed E-state index contributed by atoms with van der Waals surface area (Å²) < 4.78 is 3.85. The highest BCUT2D eigenvalue weighted by atomic mass is 32.1. The largest absolute Gasteiger partial charge is 0.310 e. The lowest BCUT2D eigenvalue weighted by molar-refractivity contribution is 0.661. The molecule has 1 aliphatic rings. The third-order valence-corrected chi connectivity index (χ3v) is 19.5. The Balaban J connectivity index is 0.888. The highest BCUT2D eigenvalue weighted by molar-refractivity contribution is 7.26. The molecule has 0 atom stereocenters. The third kappa shape index (κ3) is 8.44. The Morgan fingerprint density at radius 3 is 1.45 bits per heavy atom. The van der Waals surface area contributed by atoms with Gasteiger partial charge in [-0.05, 0) is 151 Å². The summed E-state index contributed by atoms with van der Waals surface area (Å²) in [6.45, 7) is 13.2. The van der Waals surface area contributed by atoms with E-state index in [0.717, 1.165) is 50.1 Å². The van der Waals surface area contributed by atoms with Gasteiger partial charge in [0, 0.05) is 74.4 Å². The molecule has 2 aromatic heterocycles. The maximum atomic E-state index is 4.19. The molecule has 0 amide bonds. The standard InChI is InChI=1S/C79H56N2S2/c1-5-62-68-34-19-32-63(77(68)82-74(62)6-2)56-26-18-28-60(48-56)81(58-43-39-54(40-44-58)52-23-11-8-12-24-52)73-50-72-76(67-31-14-13-29-65(67)73)70-46-45-61(49-71(70)79(72,3)4)80(57-41-37-53(38-42-57)51-21-9-7-10-22-51)59-27-17-25-55(47-59)64-33-20-35-69-66-30-15-16-36-75(66)83-78(64)69/h5-50H,1-2H2,3-4H3. The lowest BCUT2D eigenvalue weighted by atomic mass is 9.81. The molecule has 4 heteroatoms. The van der Waals surface area contributed by atoms with Crippen LogP contribution in [-0.2, 0) is 5.41 Å². The molecular weight excluding hydrogens is 1040 g/mol. The van der Waals surface area contributed by atoms with E-state index in [1.807, 2.05) is 23.5 Å². The van der Waals surface area contributed by atoms with Gasteiger partial charge in [-0.2, -0.15) is 0 Å². The average molecular weight is 1100 g/mol. The minimum Gasteiger partial charge on any atom is -0.310 e. The first kappa shape index (κ1) is 50.1. The van der Waals surface area contributed by atoms with Gasteiger partial charge in [0.1, 0.15) is 0 Å². The summed E-state index contributed by atoms with van der Waals surface area (Å²) in [5.74, 6) is 0. The van der Waals surface area contributed by atoms with Crippen molar-refractivity contribution >= 4 is 110 Å².